The molecule has 1 aromatic carbocycles. The van der Waals surface area contributed by atoms with Crippen LogP contribution in [-0.2, 0) is 6.54 Å². The number of pyridine rings is 1. The SMILES string of the molecule is CN(Cc1ccccc1Br)C(=O)c1ccc(C#N)cn1. The van der Waals surface area contributed by atoms with Crippen LogP contribution < -0.4 is 0 Å². The predicted octanol–water partition coefficient (Wildman–Crippen LogP) is 2.99. The second-order valence-electron chi connectivity index (χ2n) is 4.30. The van der Waals surface area contributed by atoms with E-state index in [1.54, 1.807) is 24.1 Å². The van der Waals surface area contributed by atoms with Crippen LogP contribution in [0.5, 0.6) is 0 Å². The van der Waals surface area contributed by atoms with Crippen molar-refractivity contribution in [3.05, 3.63) is 63.9 Å². The van der Waals surface area contributed by atoms with Crippen molar-refractivity contribution in [2.45, 2.75) is 6.54 Å². The summed E-state index contributed by atoms with van der Waals surface area (Å²) in [5.41, 5.74) is 1.80. The Kier molecular flexibility index (Phi) is 4.49. The van der Waals surface area contributed by atoms with Crippen molar-refractivity contribution in [2.75, 3.05) is 7.05 Å². The molecule has 0 bridgehead atoms. The number of carbonyl (C=O) groups is 1. The zero-order valence-corrected chi connectivity index (χ0v) is 12.5. The number of hydrogen-bond acceptors (Lipinski definition) is 3. The molecule has 5 heteroatoms. The van der Waals surface area contributed by atoms with Gasteiger partial charge in [-0.3, -0.25) is 4.79 Å². The number of hydrogen-bond donors (Lipinski definition) is 0. The quantitative estimate of drug-likeness (QED) is 0.869. The minimum Gasteiger partial charge on any atom is -0.336 e. The van der Waals surface area contributed by atoms with Crippen LogP contribution in [0.25, 0.3) is 0 Å². The summed E-state index contributed by atoms with van der Waals surface area (Å²) in [4.78, 5) is 17.8. The molecular weight excluding hydrogens is 318 g/mol. The highest BCUT2D eigenvalue weighted by atomic mass is 79.9. The van der Waals surface area contributed by atoms with Crippen molar-refractivity contribution in [2.24, 2.45) is 0 Å². The molecule has 0 radical (unpaired) electrons. The number of halogens is 1. The minimum atomic E-state index is -0.176. The van der Waals surface area contributed by atoms with Crippen LogP contribution in [0, 0.1) is 11.3 Å². The largest absolute Gasteiger partial charge is 0.336 e. The number of nitrogens with zero attached hydrogens (tertiary/aromatic N) is 3. The van der Waals surface area contributed by atoms with Gasteiger partial charge in [0.2, 0.25) is 0 Å². The van der Waals surface area contributed by atoms with Gasteiger partial charge in [0.05, 0.1) is 5.56 Å². The van der Waals surface area contributed by atoms with Crippen LogP contribution in [0.2, 0.25) is 0 Å². The lowest BCUT2D eigenvalue weighted by atomic mass is 10.2. The van der Waals surface area contributed by atoms with Gasteiger partial charge in [-0.05, 0) is 23.8 Å². The molecular formula is C15H12BrN3O. The Labute approximate surface area is 125 Å². The summed E-state index contributed by atoms with van der Waals surface area (Å²) in [6.45, 7) is 0.488. The molecule has 0 atom stereocenters. The van der Waals surface area contributed by atoms with E-state index >= 15 is 0 Å². The van der Waals surface area contributed by atoms with E-state index in [-0.39, 0.29) is 5.91 Å². The monoisotopic (exact) mass is 329 g/mol. The normalized spacial score (nSPS) is 9.85. The molecule has 1 amide bonds. The zero-order valence-electron chi connectivity index (χ0n) is 10.9. The smallest absolute Gasteiger partial charge is 0.272 e. The van der Waals surface area contributed by atoms with Crippen molar-refractivity contribution in [3.63, 3.8) is 0 Å². The topological polar surface area (TPSA) is 57.0 Å². The number of aromatic nitrogens is 1. The molecule has 0 aliphatic rings. The molecule has 4 nitrogen and oxygen atoms in total. The maximum Gasteiger partial charge on any atom is 0.272 e. The highest BCUT2D eigenvalue weighted by Gasteiger charge is 2.14. The Morgan fingerprint density at radius 3 is 2.70 bits per heavy atom. The van der Waals surface area contributed by atoms with Crippen LogP contribution in [0.15, 0.2) is 47.1 Å². The van der Waals surface area contributed by atoms with Gasteiger partial charge in [0, 0.05) is 24.3 Å². The molecule has 2 rings (SSSR count). The van der Waals surface area contributed by atoms with Crippen LogP contribution in [0.3, 0.4) is 0 Å². The van der Waals surface area contributed by atoms with Crippen LogP contribution in [0.1, 0.15) is 21.6 Å². The third-order valence-electron chi connectivity index (χ3n) is 2.82. The van der Waals surface area contributed by atoms with Crippen molar-refractivity contribution in [1.82, 2.24) is 9.88 Å². The number of carbonyl (C=O) groups excluding carboxylic acids is 1. The fourth-order valence-corrected chi connectivity index (χ4v) is 2.15. The zero-order chi connectivity index (χ0) is 14.5. The van der Waals surface area contributed by atoms with Crippen molar-refractivity contribution in [1.29, 1.82) is 5.26 Å². The second kappa shape index (κ2) is 6.31. The Morgan fingerprint density at radius 1 is 1.35 bits per heavy atom. The highest BCUT2D eigenvalue weighted by molar-refractivity contribution is 9.10. The molecule has 0 saturated heterocycles. The molecule has 0 fully saturated rings. The second-order valence-corrected chi connectivity index (χ2v) is 5.15. The Balaban J connectivity index is 2.12. The van der Waals surface area contributed by atoms with Gasteiger partial charge in [0.15, 0.2) is 0 Å². The average Bonchev–Trinajstić information content (AvgIpc) is 2.49. The molecule has 0 N–H and O–H groups in total. The summed E-state index contributed by atoms with van der Waals surface area (Å²) in [7, 11) is 1.72. The standard InChI is InChI=1S/C15H12BrN3O/c1-19(10-12-4-2-3-5-13(12)16)15(20)14-7-6-11(8-17)9-18-14/h2-7,9H,10H2,1H3. The first-order valence-corrected chi connectivity index (χ1v) is 6.76. The minimum absolute atomic E-state index is 0.176. The number of rotatable bonds is 3. The fourth-order valence-electron chi connectivity index (χ4n) is 1.74. The molecule has 0 spiro atoms. The van der Waals surface area contributed by atoms with Crippen molar-refractivity contribution in [3.8, 4) is 6.07 Å². The van der Waals surface area contributed by atoms with Gasteiger partial charge in [-0.1, -0.05) is 34.1 Å². The van der Waals surface area contributed by atoms with Gasteiger partial charge >= 0.3 is 0 Å². The fraction of sp³-hybridized carbons (Fsp3) is 0.133. The van der Waals surface area contributed by atoms with Crippen molar-refractivity contribution < 1.29 is 4.79 Å². The van der Waals surface area contributed by atoms with Crippen LogP contribution >= 0.6 is 15.9 Å². The molecule has 0 unspecified atom stereocenters. The summed E-state index contributed by atoms with van der Waals surface area (Å²) >= 11 is 3.46. The Bertz CT molecular complexity index is 662. The first-order valence-electron chi connectivity index (χ1n) is 5.97. The first-order chi connectivity index (χ1) is 9.61. The van der Waals surface area contributed by atoms with Gasteiger partial charge in [-0.25, -0.2) is 4.98 Å². The van der Waals surface area contributed by atoms with E-state index in [1.165, 1.54) is 6.20 Å². The van der Waals surface area contributed by atoms with E-state index in [9.17, 15) is 4.79 Å². The lowest BCUT2D eigenvalue weighted by Gasteiger charge is -2.17. The Hall–Kier alpha value is -2.19. The summed E-state index contributed by atoms with van der Waals surface area (Å²) in [6, 6.07) is 12.9. The summed E-state index contributed by atoms with van der Waals surface area (Å²) < 4.78 is 0.965. The number of nitriles is 1. The van der Waals surface area contributed by atoms with Gasteiger partial charge in [0.1, 0.15) is 11.8 Å². The van der Waals surface area contributed by atoms with E-state index in [0.29, 0.717) is 17.8 Å². The predicted molar refractivity (Wildman–Crippen MR) is 78.9 cm³/mol. The van der Waals surface area contributed by atoms with E-state index in [2.05, 4.69) is 20.9 Å². The van der Waals surface area contributed by atoms with E-state index in [0.717, 1.165) is 10.0 Å². The average molecular weight is 330 g/mol. The molecule has 100 valence electrons. The van der Waals surface area contributed by atoms with Gasteiger partial charge in [-0.15, -0.1) is 0 Å². The molecule has 0 aliphatic heterocycles. The maximum absolute atomic E-state index is 12.2. The third kappa shape index (κ3) is 3.22. The van der Waals surface area contributed by atoms with E-state index in [4.69, 9.17) is 5.26 Å². The molecule has 1 aromatic heterocycles. The highest BCUT2D eigenvalue weighted by Crippen LogP contribution is 2.18. The van der Waals surface area contributed by atoms with Gasteiger partial charge in [-0.2, -0.15) is 5.26 Å². The first kappa shape index (κ1) is 14.2. The summed E-state index contributed by atoms with van der Waals surface area (Å²) in [6.07, 6.45) is 1.40. The third-order valence-corrected chi connectivity index (χ3v) is 3.60. The summed E-state index contributed by atoms with van der Waals surface area (Å²) in [5, 5.41) is 8.71. The Morgan fingerprint density at radius 2 is 2.10 bits per heavy atom. The maximum atomic E-state index is 12.2. The van der Waals surface area contributed by atoms with E-state index in [1.807, 2.05) is 30.3 Å². The molecule has 0 aliphatic carbocycles. The van der Waals surface area contributed by atoms with Gasteiger partial charge in [0.25, 0.3) is 5.91 Å². The molecule has 0 saturated carbocycles. The van der Waals surface area contributed by atoms with E-state index < -0.39 is 0 Å². The van der Waals surface area contributed by atoms with Crippen LogP contribution in [0.4, 0.5) is 0 Å². The lowest BCUT2D eigenvalue weighted by Crippen LogP contribution is -2.27. The summed E-state index contributed by atoms with van der Waals surface area (Å²) in [5.74, 6) is -0.176. The molecule has 1 heterocycles. The van der Waals surface area contributed by atoms with Gasteiger partial charge < -0.3 is 4.90 Å². The number of amides is 1. The lowest BCUT2D eigenvalue weighted by molar-refractivity contribution is 0.0779. The van der Waals surface area contributed by atoms with Crippen molar-refractivity contribution >= 4 is 21.8 Å². The molecule has 2 aromatic rings. The number of benzene rings is 1. The molecule has 20 heavy (non-hydrogen) atoms. The van der Waals surface area contributed by atoms with Crippen LogP contribution in [-0.4, -0.2) is 22.8 Å².